The molecule has 16 heavy (non-hydrogen) atoms. The fourth-order valence-electron chi connectivity index (χ4n) is 1.97. The number of sulfonamides is 1. The highest BCUT2D eigenvalue weighted by atomic mass is 32.2. The number of nitrogens with one attached hydrogen (secondary N) is 1. The molecule has 0 spiro atoms. The van der Waals surface area contributed by atoms with Crippen molar-refractivity contribution in [3.63, 3.8) is 0 Å². The lowest BCUT2D eigenvalue weighted by molar-refractivity contribution is 0.270. The SMILES string of the molecule is CC1CC(NS(=O)(=O)c2cccc(N)c2)C1. The smallest absolute Gasteiger partial charge is 0.240 e. The van der Waals surface area contributed by atoms with Crippen molar-refractivity contribution in [3.05, 3.63) is 24.3 Å². The summed E-state index contributed by atoms with van der Waals surface area (Å²) in [6.45, 7) is 2.12. The topological polar surface area (TPSA) is 72.2 Å². The molecule has 1 aliphatic rings. The Labute approximate surface area is 95.9 Å². The van der Waals surface area contributed by atoms with E-state index in [1.165, 1.54) is 6.07 Å². The number of nitrogens with two attached hydrogens (primary N) is 1. The molecule has 0 heterocycles. The summed E-state index contributed by atoms with van der Waals surface area (Å²) in [5, 5.41) is 0. The minimum absolute atomic E-state index is 0.0847. The zero-order valence-electron chi connectivity index (χ0n) is 9.18. The van der Waals surface area contributed by atoms with Crippen LogP contribution in [0.3, 0.4) is 0 Å². The molecule has 0 aliphatic heterocycles. The van der Waals surface area contributed by atoms with Gasteiger partial charge in [-0.1, -0.05) is 13.0 Å². The van der Waals surface area contributed by atoms with Crippen LogP contribution in [0.15, 0.2) is 29.2 Å². The van der Waals surface area contributed by atoms with Gasteiger partial charge in [-0.2, -0.15) is 0 Å². The van der Waals surface area contributed by atoms with Crippen molar-refractivity contribution in [2.75, 3.05) is 5.73 Å². The fraction of sp³-hybridized carbons (Fsp3) is 0.455. The number of benzene rings is 1. The van der Waals surface area contributed by atoms with E-state index in [0.717, 1.165) is 12.8 Å². The second-order valence-corrected chi connectivity index (χ2v) is 6.18. The van der Waals surface area contributed by atoms with Gasteiger partial charge in [0.05, 0.1) is 4.90 Å². The van der Waals surface area contributed by atoms with E-state index in [2.05, 4.69) is 11.6 Å². The molecule has 2 rings (SSSR count). The Kier molecular flexibility index (Phi) is 2.90. The molecule has 0 saturated heterocycles. The Morgan fingerprint density at radius 3 is 2.62 bits per heavy atom. The van der Waals surface area contributed by atoms with Crippen LogP contribution < -0.4 is 10.5 Å². The van der Waals surface area contributed by atoms with E-state index in [-0.39, 0.29) is 10.9 Å². The van der Waals surface area contributed by atoms with Crippen molar-refractivity contribution in [3.8, 4) is 0 Å². The quantitative estimate of drug-likeness (QED) is 0.783. The monoisotopic (exact) mass is 240 g/mol. The van der Waals surface area contributed by atoms with Crippen LogP contribution in [0.5, 0.6) is 0 Å². The van der Waals surface area contributed by atoms with Gasteiger partial charge in [0.1, 0.15) is 0 Å². The summed E-state index contributed by atoms with van der Waals surface area (Å²) in [6.07, 6.45) is 1.84. The summed E-state index contributed by atoms with van der Waals surface area (Å²) in [7, 11) is -3.40. The molecule has 3 N–H and O–H groups in total. The maximum atomic E-state index is 11.9. The van der Waals surface area contributed by atoms with E-state index in [1.54, 1.807) is 18.2 Å². The van der Waals surface area contributed by atoms with Gasteiger partial charge in [-0.25, -0.2) is 13.1 Å². The lowest BCUT2D eigenvalue weighted by Crippen LogP contribution is -2.43. The van der Waals surface area contributed by atoms with Gasteiger partial charge >= 0.3 is 0 Å². The van der Waals surface area contributed by atoms with Crippen molar-refractivity contribution >= 4 is 15.7 Å². The van der Waals surface area contributed by atoms with Crippen molar-refractivity contribution in [2.45, 2.75) is 30.7 Å². The molecule has 0 radical (unpaired) electrons. The summed E-state index contributed by atoms with van der Waals surface area (Å²) in [4.78, 5) is 0.243. The maximum absolute atomic E-state index is 11.9. The summed E-state index contributed by atoms with van der Waals surface area (Å²) < 4.78 is 26.5. The predicted octanol–water partition coefficient (Wildman–Crippen LogP) is 1.35. The normalized spacial score (nSPS) is 25.1. The maximum Gasteiger partial charge on any atom is 0.240 e. The van der Waals surface area contributed by atoms with Crippen LogP contribution in [0.25, 0.3) is 0 Å². The molecule has 4 nitrogen and oxygen atoms in total. The molecule has 0 atom stereocenters. The minimum Gasteiger partial charge on any atom is -0.399 e. The van der Waals surface area contributed by atoms with Gasteiger partial charge in [-0.05, 0) is 37.0 Å². The minimum atomic E-state index is -3.40. The van der Waals surface area contributed by atoms with E-state index in [4.69, 9.17) is 5.73 Å². The molecule has 1 fully saturated rings. The van der Waals surface area contributed by atoms with Gasteiger partial charge in [0.25, 0.3) is 0 Å². The zero-order chi connectivity index (χ0) is 11.8. The van der Waals surface area contributed by atoms with Crippen LogP contribution in [0.1, 0.15) is 19.8 Å². The molecule has 1 aliphatic carbocycles. The van der Waals surface area contributed by atoms with Crippen LogP contribution in [-0.2, 0) is 10.0 Å². The molecule has 0 unspecified atom stereocenters. The summed E-state index contributed by atoms with van der Waals surface area (Å²) in [5.41, 5.74) is 6.03. The van der Waals surface area contributed by atoms with Gasteiger partial charge in [0, 0.05) is 11.7 Å². The molecule has 0 amide bonds. The summed E-state index contributed by atoms with van der Waals surface area (Å²) in [6, 6.07) is 6.43. The lowest BCUT2D eigenvalue weighted by atomic mass is 9.83. The van der Waals surface area contributed by atoms with Gasteiger partial charge in [0.15, 0.2) is 0 Å². The van der Waals surface area contributed by atoms with Gasteiger partial charge < -0.3 is 5.73 Å². The molecular formula is C11H16N2O2S. The highest BCUT2D eigenvalue weighted by Crippen LogP contribution is 2.27. The standard InChI is InChI=1S/C11H16N2O2S/c1-8-5-10(6-8)13-16(14,15)11-4-2-3-9(12)7-11/h2-4,7-8,10,13H,5-6,12H2,1H3. The largest absolute Gasteiger partial charge is 0.399 e. The molecule has 5 heteroatoms. The van der Waals surface area contributed by atoms with Crippen molar-refractivity contribution in [2.24, 2.45) is 5.92 Å². The molecule has 1 aromatic rings. The third-order valence-electron chi connectivity index (χ3n) is 2.86. The number of hydrogen-bond acceptors (Lipinski definition) is 3. The van der Waals surface area contributed by atoms with Crippen LogP contribution in [-0.4, -0.2) is 14.5 Å². The third kappa shape index (κ3) is 2.36. The van der Waals surface area contributed by atoms with Crippen LogP contribution in [0.4, 0.5) is 5.69 Å². The third-order valence-corrected chi connectivity index (χ3v) is 4.38. The van der Waals surface area contributed by atoms with Crippen LogP contribution in [0.2, 0.25) is 0 Å². The highest BCUT2D eigenvalue weighted by Gasteiger charge is 2.29. The van der Waals surface area contributed by atoms with Crippen LogP contribution >= 0.6 is 0 Å². The second kappa shape index (κ2) is 4.07. The van der Waals surface area contributed by atoms with E-state index in [0.29, 0.717) is 11.6 Å². The van der Waals surface area contributed by atoms with E-state index < -0.39 is 10.0 Å². The van der Waals surface area contributed by atoms with E-state index in [9.17, 15) is 8.42 Å². The first-order chi connectivity index (χ1) is 7.47. The summed E-state index contributed by atoms with van der Waals surface area (Å²) in [5.74, 6) is 0.619. The number of rotatable bonds is 3. The molecule has 88 valence electrons. The number of anilines is 1. The Morgan fingerprint density at radius 1 is 1.38 bits per heavy atom. The van der Waals surface area contributed by atoms with Crippen molar-refractivity contribution in [1.82, 2.24) is 4.72 Å². The Hall–Kier alpha value is -1.07. The van der Waals surface area contributed by atoms with Gasteiger partial charge in [-0.3, -0.25) is 0 Å². The highest BCUT2D eigenvalue weighted by molar-refractivity contribution is 7.89. The first-order valence-electron chi connectivity index (χ1n) is 5.35. The fourth-order valence-corrected chi connectivity index (χ4v) is 3.28. The molecule has 1 aromatic carbocycles. The van der Waals surface area contributed by atoms with Crippen LogP contribution in [0, 0.1) is 5.92 Å². The predicted molar refractivity (Wildman–Crippen MR) is 63.4 cm³/mol. The number of hydrogen-bond donors (Lipinski definition) is 2. The second-order valence-electron chi connectivity index (χ2n) is 4.47. The molecular weight excluding hydrogens is 224 g/mol. The average molecular weight is 240 g/mol. The summed E-state index contributed by atoms with van der Waals surface area (Å²) >= 11 is 0. The number of nitrogen functional groups attached to an aromatic ring is 1. The zero-order valence-corrected chi connectivity index (χ0v) is 10.00. The van der Waals surface area contributed by atoms with E-state index >= 15 is 0 Å². The molecule has 1 saturated carbocycles. The Morgan fingerprint density at radius 2 is 2.06 bits per heavy atom. The van der Waals surface area contributed by atoms with Crippen molar-refractivity contribution in [1.29, 1.82) is 0 Å². The average Bonchev–Trinajstić information content (AvgIpc) is 2.15. The lowest BCUT2D eigenvalue weighted by Gasteiger charge is -2.32. The van der Waals surface area contributed by atoms with Crippen molar-refractivity contribution < 1.29 is 8.42 Å². The Bertz CT molecular complexity index is 479. The van der Waals surface area contributed by atoms with Gasteiger partial charge in [0.2, 0.25) is 10.0 Å². The molecule has 0 bridgehead atoms. The molecule has 0 aromatic heterocycles. The van der Waals surface area contributed by atoms with Gasteiger partial charge in [-0.15, -0.1) is 0 Å². The first-order valence-corrected chi connectivity index (χ1v) is 6.83. The first kappa shape index (κ1) is 11.4. The Balaban J connectivity index is 2.13. The van der Waals surface area contributed by atoms with E-state index in [1.807, 2.05) is 0 Å².